The summed E-state index contributed by atoms with van der Waals surface area (Å²) in [6, 6.07) is -0.309. The molecular weight excluding hydrogens is 286 g/mol. The molecule has 2 unspecified atom stereocenters. The second-order valence-electron chi connectivity index (χ2n) is 6.54. The number of aliphatic hydroxyl groups excluding tert-OH is 1. The third-order valence-electron chi connectivity index (χ3n) is 4.62. The van der Waals surface area contributed by atoms with E-state index in [4.69, 9.17) is 5.11 Å². The van der Waals surface area contributed by atoms with Crippen LogP contribution in [-0.4, -0.2) is 65.4 Å². The summed E-state index contributed by atoms with van der Waals surface area (Å²) in [4.78, 5) is 24.1. The monoisotopic (exact) mass is 313 g/mol. The molecule has 7 nitrogen and oxygen atoms in total. The van der Waals surface area contributed by atoms with Crippen LogP contribution in [-0.2, 0) is 4.79 Å². The average Bonchev–Trinajstić information content (AvgIpc) is 3.34. The number of aliphatic hydroxyl groups is 1. The van der Waals surface area contributed by atoms with Gasteiger partial charge in [-0.3, -0.25) is 4.79 Å². The van der Waals surface area contributed by atoms with Crippen molar-refractivity contribution in [2.75, 3.05) is 26.2 Å². The quantitative estimate of drug-likeness (QED) is 0.539. The van der Waals surface area contributed by atoms with Crippen molar-refractivity contribution in [2.45, 2.75) is 44.8 Å². The van der Waals surface area contributed by atoms with Crippen LogP contribution >= 0.6 is 0 Å². The normalized spacial score (nSPS) is 22.2. The number of hydrogen-bond acceptors (Lipinski definition) is 4. The van der Waals surface area contributed by atoms with E-state index >= 15 is 0 Å². The van der Waals surface area contributed by atoms with Gasteiger partial charge in [0.25, 0.3) is 0 Å². The zero-order chi connectivity index (χ0) is 16.1. The fourth-order valence-corrected chi connectivity index (χ4v) is 2.69. The number of carbonyl (C=O) groups excluding carboxylic acids is 1. The SMILES string of the molecule is CC(NCC1CCN(C(=O)O)CC1)C(O)C(=O)NCC1CC1. The highest BCUT2D eigenvalue weighted by Crippen LogP contribution is 2.27. The number of carboxylic acid groups (broad SMARTS) is 1. The van der Waals surface area contributed by atoms with Gasteiger partial charge in [-0.1, -0.05) is 0 Å². The van der Waals surface area contributed by atoms with E-state index in [0.717, 1.165) is 12.8 Å². The van der Waals surface area contributed by atoms with Crippen molar-refractivity contribution >= 4 is 12.0 Å². The molecule has 126 valence electrons. The zero-order valence-electron chi connectivity index (χ0n) is 13.1. The molecule has 0 radical (unpaired) electrons. The standard InChI is InChI=1S/C15H27N3O4/c1-10(13(19)14(20)17-9-11-2-3-11)16-8-12-4-6-18(7-5-12)15(21)22/h10-13,16,19H,2-9H2,1H3,(H,17,20)(H,21,22). The summed E-state index contributed by atoms with van der Waals surface area (Å²) in [5.74, 6) is 0.672. The molecule has 2 rings (SSSR count). The summed E-state index contributed by atoms with van der Waals surface area (Å²) in [5.41, 5.74) is 0. The van der Waals surface area contributed by atoms with E-state index in [2.05, 4.69) is 10.6 Å². The molecule has 0 spiro atoms. The average molecular weight is 313 g/mol. The van der Waals surface area contributed by atoms with Crippen LogP contribution in [0.2, 0.25) is 0 Å². The highest BCUT2D eigenvalue weighted by atomic mass is 16.4. The Balaban J connectivity index is 1.62. The molecule has 22 heavy (non-hydrogen) atoms. The van der Waals surface area contributed by atoms with E-state index in [-0.39, 0.29) is 11.9 Å². The van der Waals surface area contributed by atoms with Crippen molar-refractivity contribution in [3.05, 3.63) is 0 Å². The molecule has 2 aliphatic rings. The molecule has 0 aromatic rings. The van der Waals surface area contributed by atoms with Gasteiger partial charge in [-0.25, -0.2) is 4.79 Å². The van der Waals surface area contributed by atoms with E-state index < -0.39 is 12.2 Å². The van der Waals surface area contributed by atoms with E-state index in [1.54, 1.807) is 6.92 Å². The van der Waals surface area contributed by atoms with Gasteiger partial charge in [-0.15, -0.1) is 0 Å². The molecule has 2 amide bonds. The predicted molar refractivity (Wildman–Crippen MR) is 81.5 cm³/mol. The Morgan fingerprint density at radius 3 is 2.27 bits per heavy atom. The molecule has 2 fully saturated rings. The maximum Gasteiger partial charge on any atom is 0.407 e. The summed E-state index contributed by atoms with van der Waals surface area (Å²) in [6.07, 6.45) is 2.06. The highest BCUT2D eigenvalue weighted by molar-refractivity contribution is 5.81. The molecule has 7 heteroatoms. The lowest BCUT2D eigenvalue weighted by Crippen LogP contribution is -2.49. The minimum absolute atomic E-state index is 0.309. The number of carbonyl (C=O) groups is 2. The topological polar surface area (TPSA) is 102 Å². The Hall–Kier alpha value is -1.34. The molecule has 1 heterocycles. The van der Waals surface area contributed by atoms with Crippen molar-refractivity contribution in [3.63, 3.8) is 0 Å². The molecule has 2 atom stereocenters. The van der Waals surface area contributed by atoms with Crippen LogP contribution in [0.4, 0.5) is 4.79 Å². The second kappa shape index (κ2) is 7.78. The third-order valence-corrected chi connectivity index (χ3v) is 4.62. The number of rotatable bonds is 7. The molecule has 0 bridgehead atoms. The van der Waals surface area contributed by atoms with Crippen molar-refractivity contribution in [3.8, 4) is 0 Å². The Bertz CT molecular complexity index is 392. The second-order valence-corrected chi connectivity index (χ2v) is 6.54. The summed E-state index contributed by atoms with van der Waals surface area (Å²) in [6.45, 7) is 4.27. The Kier molecular flexibility index (Phi) is 6.02. The largest absolute Gasteiger partial charge is 0.465 e. The maximum absolute atomic E-state index is 11.8. The molecular formula is C15H27N3O4. The van der Waals surface area contributed by atoms with Crippen LogP contribution in [0.25, 0.3) is 0 Å². The lowest BCUT2D eigenvalue weighted by Gasteiger charge is -2.31. The summed E-state index contributed by atoms with van der Waals surface area (Å²) < 4.78 is 0. The minimum atomic E-state index is -1.04. The molecule has 1 saturated carbocycles. The van der Waals surface area contributed by atoms with Gasteiger partial charge < -0.3 is 25.7 Å². The number of nitrogens with one attached hydrogen (secondary N) is 2. The van der Waals surface area contributed by atoms with Crippen LogP contribution in [0.3, 0.4) is 0 Å². The van der Waals surface area contributed by atoms with Crippen molar-refractivity contribution in [2.24, 2.45) is 11.8 Å². The van der Waals surface area contributed by atoms with Gasteiger partial charge in [0.05, 0.1) is 0 Å². The predicted octanol–water partition coefficient (Wildman–Crippen LogP) is 0.242. The zero-order valence-corrected chi connectivity index (χ0v) is 13.1. The van der Waals surface area contributed by atoms with E-state index in [1.807, 2.05) is 0 Å². The Morgan fingerprint density at radius 1 is 1.14 bits per heavy atom. The summed E-state index contributed by atoms with van der Waals surface area (Å²) in [5, 5.41) is 24.9. The number of amides is 2. The number of hydrogen-bond donors (Lipinski definition) is 4. The van der Waals surface area contributed by atoms with Crippen molar-refractivity contribution in [1.29, 1.82) is 0 Å². The molecule has 1 aliphatic carbocycles. The molecule has 0 aromatic heterocycles. The van der Waals surface area contributed by atoms with Gasteiger partial charge >= 0.3 is 6.09 Å². The van der Waals surface area contributed by atoms with Crippen LogP contribution < -0.4 is 10.6 Å². The van der Waals surface area contributed by atoms with Crippen LogP contribution in [0, 0.1) is 11.8 Å². The molecule has 4 N–H and O–H groups in total. The fourth-order valence-electron chi connectivity index (χ4n) is 2.69. The number of nitrogens with zero attached hydrogens (tertiary/aromatic N) is 1. The van der Waals surface area contributed by atoms with Gasteiger partial charge in [0.1, 0.15) is 6.10 Å². The van der Waals surface area contributed by atoms with Crippen LogP contribution in [0.15, 0.2) is 0 Å². The Morgan fingerprint density at radius 2 is 1.73 bits per heavy atom. The lowest BCUT2D eigenvalue weighted by atomic mass is 9.96. The van der Waals surface area contributed by atoms with E-state index in [9.17, 15) is 14.7 Å². The van der Waals surface area contributed by atoms with E-state index in [0.29, 0.717) is 38.0 Å². The lowest BCUT2D eigenvalue weighted by molar-refractivity contribution is -0.130. The highest BCUT2D eigenvalue weighted by Gasteiger charge is 2.27. The maximum atomic E-state index is 11.8. The third kappa shape index (κ3) is 5.14. The van der Waals surface area contributed by atoms with Gasteiger partial charge in [0.2, 0.25) is 5.91 Å². The fraction of sp³-hybridized carbons (Fsp3) is 0.867. The summed E-state index contributed by atoms with van der Waals surface area (Å²) >= 11 is 0. The smallest absolute Gasteiger partial charge is 0.407 e. The van der Waals surface area contributed by atoms with Crippen molar-refractivity contribution in [1.82, 2.24) is 15.5 Å². The van der Waals surface area contributed by atoms with Gasteiger partial charge in [0, 0.05) is 25.7 Å². The minimum Gasteiger partial charge on any atom is -0.465 e. The molecule has 1 aliphatic heterocycles. The van der Waals surface area contributed by atoms with Gasteiger partial charge in [-0.05, 0) is 51.0 Å². The van der Waals surface area contributed by atoms with E-state index in [1.165, 1.54) is 17.7 Å². The first-order valence-electron chi connectivity index (χ1n) is 8.14. The van der Waals surface area contributed by atoms with Gasteiger partial charge in [-0.2, -0.15) is 0 Å². The summed E-state index contributed by atoms with van der Waals surface area (Å²) in [7, 11) is 0. The first kappa shape index (κ1) is 17.0. The van der Waals surface area contributed by atoms with Crippen LogP contribution in [0.5, 0.6) is 0 Å². The number of piperidine rings is 1. The molecule has 1 saturated heterocycles. The van der Waals surface area contributed by atoms with Crippen LogP contribution in [0.1, 0.15) is 32.6 Å². The first-order valence-corrected chi connectivity index (χ1v) is 8.14. The number of likely N-dealkylation sites (tertiary alicyclic amines) is 1. The van der Waals surface area contributed by atoms with Crippen molar-refractivity contribution < 1.29 is 19.8 Å². The van der Waals surface area contributed by atoms with Gasteiger partial charge in [0.15, 0.2) is 0 Å². The first-order chi connectivity index (χ1) is 10.5. The molecule has 0 aromatic carbocycles. The Labute approximate surface area is 131 Å².